The highest BCUT2D eigenvalue weighted by Crippen LogP contribution is 2.21. The van der Waals surface area contributed by atoms with Gasteiger partial charge in [-0.15, -0.1) is 0 Å². The average Bonchev–Trinajstić information content (AvgIpc) is 3.25. The fourth-order valence-corrected chi connectivity index (χ4v) is 3.67. The van der Waals surface area contributed by atoms with Crippen LogP contribution in [0.15, 0.2) is 48.9 Å². The van der Waals surface area contributed by atoms with E-state index in [-0.39, 0.29) is 11.9 Å². The molecule has 0 N–H and O–H groups in total. The van der Waals surface area contributed by atoms with Crippen molar-refractivity contribution in [3.63, 3.8) is 0 Å². The predicted molar refractivity (Wildman–Crippen MR) is 97.1 cm³/mol. The van der Waals surface area contributed by atoms with Crippen LogP contribution in [0.3, 0.4) is 0 Å². The molecule has 2 aromatic heterocycles. The molecule has 0 spiro atoms. The van der Waals surface area contributed by atoms with E-state index in [9.17, 15) is 4.79 Å². The van der Waals surface area contributed by atoms with E-state index in [1.54, 1.807) is 0 Å². The van der Waals surface area contributed by atoms with Crippen LogP contribution in [0.25, 0.3) is 10.9 Å². The molecule has 1 aliphatic rings. The summed E-state index contributed by atoms with van der Waals surface area (Å²) in [5.41, 5.74) is 1.95. The van der Waals surface area contributed by atoms with E-state index in [1.165, 1.54) is 0 Å². The number of rotatable bonds is 4. The van der Waals surface area contributed by atoms with Gasteiger partial charge in [0.1, 0.15) is 5.82 Å². The molecule has 5 nitrogen and oxygen atoms in total. The molecule has 1 aromatic carbocycles. The lowest BCUT2D eigenvalue weighted by Gasteiger charge is -2.25. The second-order valence-electron chi connectivity index (χ2n) is 6.72. The van der Waals surface area contributed by atoms with Crippen LogP contribution < -0.4 is 0 Å². The minimum Gasteiger partial charge on any atom is -0.338 e. The topological polar surface area (TPSA) is 51.0 Å². The van der Waals surface area contributed by atoms with Crippen molar-refractivity contribution in [2.24, 2.45) is 0 Å². The Morgan fingerprint density at radius 1 is 1.28 bits per heavy atom. The second kappa shape index (κ2) is 6.67. The number of carbonyl (C=O) groups excluding carboxylic acids is 1. The fraction of sp³-hybridized carbons (Fsp3) is 0.350. The summed E-state index contributed by atoms with van der Waals surface area (Å²) in [5, 5.41) is 1.08. The zero-order chi connectivity index (χ0) is 17.2. The maximum atomic E-state index is 12.8. The van der Waals surface area contributed by atoms with Crippen LogP contribution in [0.1, 0.15) is 24.2 Å². The van der Waals surface area contributed by atoms with Crippen LogP contribution in [0.5, 0.6) is 0 Å². The predicted octanol–water partition coefficient (Wildman–Crippen LogP) is 2.97. The van der Waals surface area contributed by atoms with Gasteiger partial charge >= 0.3 is 0 Å². The van der Waals surface area contributed by atoms with Crippen molar-refractivity contribution >= 4 is 16.8 Å². The Labute approximate surface area is 147 Å². The maximum Gasteiger partial charge on any atom is 0.227 e. The third-order valence-electron chi connectivity index (χ3n) is 5.03. The summed E-state index contributed by atoms with van der Waals surface area (Å²) in [4.78, 5) is 23.6. The molecule has 0 saturated carbocycles. The monoisotopic (exact) mass is 334 g/mol. The summed E-state index contributed by atoms with van der Waals surface area (Å²) in [6, 6.07) is 10.3. The lowest BCUT2D eigenvalue weighted by molar-refractivity contribution is -0.131. The molecular formula is C20H22N4O. The van der Waals surface area contributed by atoms with Gasteiger partial charge in [-0.2, -0.15) is 0 Å². The minimum atomic E-state index is 0.192. The molecule has 1 saturated heterocycles. The summed E-state index contributed by atoms with van der Waals surface area (Å²) in [6.45, 7) is 3.67. The van der Waals surface area contributed by atoms with Gasteiger partial charge in [-0.3, -0.25) is 9.78 Å². The third-order valence-corrected chi connectivity index (χ3v) is 5.03. The molecular weight excluding hydrogens is 312 g/mol. The van der Waals surface area contributed by atoms with Crippen molar-refractivity contribution < 1.29 is 4.79 Å². The maximum absolute atomic E-state index is 12.8. The fourth-order valence-electron chi connectivity index (χ4n) is 3.67. The number of pyridine rings is 1. The van der Waals surface area contributed by atoms with Gasteiger partial charge in [-0.1, -0.05) is 18.2 Å². The summed E-state index contributed by atoms with van der Waals surface area (Å²) < 4.78 is 2.13. The zero-order valence-corrected chi connectivity index (χ0v) is 14.4. The van der Waals surface area contributed by atoms with E-state index in [1.807, 2.05) is 54.7 Å². The quantitative estimate of drug-likeness (QED) is 0.737. The van der Waals surface area contributed by atoms with Gasteiger partial charge in [0.05, 0.1) is 11.9 Å². The third kappa shape index (κ3) is 3.27. The van der Waals surface area contributed by atoms with Gasteiger partial charge in [0.25, 0.3) is 0 Å². The van der Waals surface area contributed by atoms with Crippen LogP contribution in [-0.4, -0.2) is 37.9 Å². The van der Waals surface area contributed by atoms with Gasteiger partial charge in [0.2, 0.25) is 5.91 Å². The first-order valence-electron chi connectivity index (χ1n) is 8.81. The van der Waals surface area contributed by atoms with Crippen molar-refractivity contribution in [1.29, 1.82) is 0 Å². The largest absolute Gasteiger partial charge is 0.338 e. The van der Waals surface area contributed by atoms with Crippen molar-refractivity contribution in [2.75, 3.05) is 6.54 Å². The Morgan fingerprint density at radius 2 is 2.16 bits per heavy atom. The van der Waals surface area contributed by atoms with Crippen molar-refractivity contribution in [2.45, 2.75) is 38.8 Å². The van der Waals surface area contributed by atoms with Crippen molar-refractivity contribution in [3.05, 3.63) is 60.3 Å². The van der Waals surface area contributed by atoms with Gasteiger partial charge in [-0.25, -0.2) is 4.98 Å². The number of imidazole rings is 1. The number of hydrogen-bond donors (Lipinski definition) is 0. The number of aryl methyl sites for hydroxylation is 1. The molecule has 1 amide bonds. The van der Waals surface area contributed by atoms with Crippen molar-refractivity contribution in [1.82, 2.24) is 19.4 Å². The zero-order valence-electron chi connectivity index (χ0n) is 14.4. The molecule has 5 heteroatoms. The Kier molecular flexibility index (Phi) is 4.22. The minimum absolute atomic E-state index is 0.192. The molecule has 0 radical (unpaired) electrons. The average molecular weight is 334 g/mol. The van der Waals surface area contributed by atoms with Gasteiger partial charge in [0.15, 0.2) is 0 Å². The highest BCUT2D eigenvalue weighted by molar-refractivity contribution is 5.83. The summed E-state index contributed by atoms with van der Waals surface area (Å²) >= 11 is 0. The lowest BCUT2D eigenvalue weighted by atomic mass is 10.1. The van der Waals surface area contributed by atoms with E-state index < -0.39 is 0 Å². The van der Waals surface area contributed by atoms with Gasteiger partial charge < -0.3 is 9.47 Å². The summed E-state index contributed by atoms with van der Waals surface area (Å²) in [7, 11) is 0. The molecule has 1 unspecified atom stereocenters. The van der Waals surface area contributed by atoms with E-state index >= 15 is 0 Å². The molecule has 128 valence electrons. The Bertz CT molecular complexity index is 901. The van der Waals surface area contributed by atoms with Gasteiger partial charge in [-0.05, 0) is 37.5 Å². The van der Waals surface area contributed by atoms with Gasteiger partial charge in [0, 0.05) is 43.1 Å². The van der Waals surface area contributed by atoms with E-state index in [0.29, 0.717) is 6.42 Å². The number of hydrogen-bond acceptors (Lipinski definition) is 3. The number of fused-ring (bicyclic) bond motifs is 1. The Morgan fingerprint density at radius 3 is 3.00 bits per heavy atom. The highest BCUT2D eigenvalue weighted by Gasteiger charge is 2.29. The number of amides is 1. The second-order valence-corrected chi connectivity index (χ2v) is 6.72. The first-order chi connectivity index (χ1) is 12.2. The van der Waals surface area contributed by atoms with Crippen molar-refractivity contribution in [3.8, 4) is 0 Å². The normalized spacial score (nSPS) is 17.3. The molecule has 1 aliphatic heterocycles. The van der Waals surface area contributed by atoms with Crippen LogP contribution in [0.2, 0.25) is 0 Å². The Hall–Kier alpha value is -2.69. The molecule has 3 heterocycles. The number of aromatic nitrogens is 3. The van der Waals surface area contributed by atoms with Crippen LogP contribution >= 0.6 is 0 Å². The molecule has 1 fully saturated rings. The number of nitrogens with zero attached hydrogens (tertiary/aromatic N) is 4. The molecule has 3 aromatic rings. The summed E-state index contributed by atoms with van der Waals surface area (Å²) in [5.74, 6) is 1.19. The lowest BCUT2D eigenvalue weighted by Crippen LogP contribution is -2.39. The number of likely N-dealkylation sites (tertiary alicyclic amines) is 1. The van der Waals surface area contributed by atoms with E-state index in [2.05, 4.69) is 20.6 Å². The first-order valence-corrected chi connectivity index (χ1v) is 8.81. The molecule has 0 aliphatic carbocycles. The first kappa shape index (κ1) is 15.8. The van der Waals surface area contributed by atoms with Crippen LogP contribution in [0.4, 0.5) is 0 Å². The smallest absolute Gasteiger partial charge is 0.227 e. The van der Waals surface area contributed by atoms with E-state index in [0.717, 1.165) is 48.2 Å². The highest BCUT2D eigenvalue weighted by atomic mass is 16.2. The van der Waals surface area contributed by atoms with E-state index in [4.69, 9.17) is 0 Å². The number of benzene rings is 1. The summed E-state index contributed by atoms with van der Waals surface area (Å²) in [6.07, 6.45) is 8.17. The molecule has 25 heavy (non-hydrogen) atoms. The van der Waals surface area contributed by atoms with Crippen LogP contribution in [0, 0.1) is 6.92 Å². The number of para-hydroxylation sites is 1. The standard InChI is InChI=1S/C20H22N4O/c1-15-21-8-10-23(15)14-18-6-4-9-24(18)20(25)12-16-11-17-5-2-3-7-19(17)22-13-16/h2-3,5,7-8,10-11,13,18H,4,6,9,12,14H2,1H3. The Balaban J connectivity index is 1.48. The molecule has 4 rings (SSSR count). The van der Waals surface area contributed by atoms with Crippen LogP contribution in [-0.2, 0) is 17.8 Å². The SMILES string of the molecule is Cc1nccn1CC1CCCN1C(=O)Cc1cnc2ccccc2c1. The number of carbonyl (C=O) groups is 1. The molecule has 1 atom stereocenters. The molecule has 0 bridgehead atoms.